The topological polar surface area (TPSA) is 52.8 Å². The summed E-state index contributed by atoms with van der Waals surface area (Å²) in [6.45, 7) is 1.21. The van der Waals surface area contributed by atoms with Gasteiger partial charge in [-0.2, -0.15) is 5.10 Å². The highest BCUT2D eigenvalue weighted by molar-refractivity contribution is 6.33. The van der Waals surface area contributed by atoms with E-state index >= 15 is 0 Å². The summed E-state index contributed by atoms with van der Waals surface area (Å²) >= 11 is 6.12. The van der Waals surface area contributed by atoms with Crippen molar-refractivity contribution in [2.45, 2.75) is 32.3 Å². The van der Waals surface area contributed by atoms with E-state index in [1.807, 2.05) is 7.05 Å². The van der Waals surface area contributed by atoms with Gasteiger partial charge in [0.15, 0.2) is 11.5 Å². The summed E-state index contributed by atoms with van der Waals surface area (Å²) in [7, 11) is 1.84. The fraction of sp³-hybridized carbons (Fsp3) is 0.615. The van der Waals surface area contributed by atoms with Crippen LogP contribution in [0, 0.1) is 5.92 Å². The summed E-state index contributed by atoms with van der Waals surface area (Å²) in [5.74, 6) is 1.33. The first-order valence-electron chi connectivity index (χ1n) is 6.66. The van der Waals surface area contributed by atoms with Gasteiger partial charge in [0.2, 0.25) is 0 Å². The Kier molecular flexibility index (Phi) is 3.66. The van der Waals surface area contributed by atoms with Gasteiger partial charge in [-0.1, -0.05) is 24.4 Å². The van der Waals surface area contributed by atoms with E-state index in [1.54, 1.807) is 10.9 Å². The number of halogens is 1. The molecule has 0 bridgehead atoms. The van der Waals surface area contributed by atoms with E-state index in [-0.39, 0.29) is 0 Å². The standard InChI is InChI=1S/C13H17ClN4O/c1-18-13-10(6-15-18)12(14)16-11(17-13)8-19-7-9-4-2-3-5-9/h6,9H,2-5,7-8H2,1H3. The first-order chi connectivity index (χ1) is 9.24. The van der Waals surface area contributed by atoms with Crippen molar-refractivity contribution in [1.82, 2.24) is 19.7 Å². The smallest absolute Gasteiger partial charge is 0.162 e. The minimum atomic E-state index is 0.414. The molecule has 1 fully saturated rings. The molecule has 1 aliphatic carbocycles. The Morgan fingerprint density at radius 2 is 2.16 bits per heavy atom. The Morgan fingerprint density at radius 1 is 1.37 bits per heavy atom. The zero-order valence-corrected chi connectivity index (χ0v) is 11.7. The van der Waals surface area contributed by atoms with E-state index in [0.717, 1.165) is 17.6 Å². The highest BCUT2D eigenvalue weighted by Crippen LogP contribution is 2.25. The molecule has 2 aromatic rings. The quantitative estimate of drug-likeness (QED) is 0.808. The average molecular weight is 281 g/mol. The molecular formula is C13H17ClN4O. The molecule has 0 saturated heterocycles. The zero-order valence-electron chi connectivity index (χ0n) is 11.0. The molecule has 0 atom stereocenters. The first-order valence-corrected chi connectivity index (χ1v) is 7.03. The van der Waals surface area contributed by atoms with E-state index < -0.39 is 0 Å². The van der Waals surface area contributed by atoms with E-state index in [2.05, 4.69) is 15.1 Å². The second-order valence-corrected chi connectivity index (χ2v) is 5.46. The molecule has 1 aliphatic rings. The highest BCUT2D eigenvalue weighted by Gasteiger charge is 2.15. The fourth-order valence-electron chi connectivity index (χ4n) is 2.59. The van der Waals surface area contributed by atoms with E-state index in [1.165, 1.54) is 25.7 Å². The second-order valence-electron chi connectivity index (χ2n) is 5.10. The minimum absolute atomic E-state index is 0.414. The monoisotopic (exact) mass is 280 g/mol. The van der Waals surface area contributed by atoms with Crippen LogP contribution < -0.4 is 0 Å². The van der Waals surface area contributed by atoms with Gasteiger partial charge >= 0.3 is 0 Å². The maximum atomic E-state index is 6.12. The number of aromatic nitrogens is 4. The van der Waals surface area contributed by atoms with Crippen LogP contribution in [0.25, 0.3) is 11.0 Å². The highest BCUT2D eigenvalue weighted by atomic mass is 35.5. The van der Waals surface area contributed by atoms with Crippen LogP contribution in [0.2, 0.25) is 5.15 Å². The summed E-state index contributed by atoms with van der Waals surface area (Å²) in [6, 6.07) is 0. The molecule has 0 radical (unpaired) electrons. The van der Waals surface area contributed by atoms with Crippen LogP contribution in [0.3, 0.4) is 0 Å². The molecule has 5 nitrogen and oxygen atoms in total. The van der Waals surface area contributed by atoms with Gasteiger partial charge in [0.1, 0.15) is 11.8 Å². The van der Waals surface area contributed by atoms with Crippen molar-refractivity contribution in [2.24, 2.45) is 13.0 Å². The van der Waals surface area contributed by atoms with Gasteiger partial charge in [0, 0.05) is 13.7 Å². The third-order valence-electron chi connectivity index (χ3n) is 3.65. The van der Waals surface area contributed by atoms with Crippen molar-refractivity contribution in [2.75, 3.05) is 6.61 Å². The number of aryl methyl sites for hydroxylation is 1. The van der Waals surface area contributed by atoms with Gasteiger partial charge < -0.3 is 4.74 Å². The summed E-state index contributed by atoms with van der Waals surface area (Å²) in [5, 5.41) is 5.35. The summed E-state index contributed by atoms with van der Waals surface area (Å²) < 4.78 is 7.41. The number of nitrogens with zero attached hydrogens (tertiary/aromatic N) is 4. The summed E-state index contributed by atoms with van der Waals surface area (Å²) in [6.07, 6.45) is 6.90. The van der Waals surface area contributed by atoms with Crippen molar-refractivity contribution in [1.29, 1.82) is 0 Å². The lowest BCUT2D eigenvalue weighted by Crippen LogP contribution is -2.08. The largest absolute Gasteiger partial charge is 0.373 e. The molecule has 2 heterocycles. The second kappa shape index (κ2) is 5.43. The van der Waals surface area contributed by atoms with Crippen LogP contribution in [-0.2, 0) is 18.4 Å². The number of hydrogen-bond donors (Lipinski definition) is 0. The predicted molar refractivity (Wildman–Crippen MR) is 72.9 cm³/mol. The van der Waals surface area contributed by atoms with Crippen LogP contribution in [-0.4, -0.2) is 26.4 Å². The van der Waals surface area contributed by atoms with Crippen molar-refractivity contribution < 1.29 is 4.74 Å². The van der Waals surface area contributed by atoms with E-state index in [0.29, 0.717) is 23.5 Å². The average Bonchev–Trinajstić information content (AvgIpc) is 3.01. The van der Waals surface area contributed by atoms with Gasteiger partial charge in [0.25, 0.3) is 0 Å². The Morgan fingerprint density at radius 3 is 2.95 bits per heavy atom. The maximum absolute atomic E-state index is 6.12. The Balaban J connectivity index is 1.68. The van der Waals surface area contributed by atoms with Gasteiger partial charge in [-0.05, 0) is 18.8 Å². The van der Waals surface area contributed by atoms with Crippen molar-refractivity contribution in [3.63, 3.8) is 0 Å². The Hall–Kier alpha value is -1.20. The third-order valence-corrected chi connectivity index (χ3v) is 3.94. The SMILES string of the molecule is Cn1ncc2c(Cl)nc(COCC3CCCC3)nc21. The van der Waals surface area contributed by atoms with E-state index in [4.69, 9.17) is 16.3 Å². The minimum Gasteiger partial charge on any atom is -0.373 e. The predicted octanol–water partition coefficient (Wildman–Crippen LogP) is 2.72. The number of rotatable bonds is 4. The van der Waals surface area contributed by atoms with Gasteiger partial charge in [-0.25, -0.2) is 9.97 Å². The lowest BCUT2D eigenvalue weighted by molar-refractivity contribution is 0.0845. The molecule has 0 N–H and O–H groups in total. The van der Waals surface area contributed by atoms with Crippen LogP contribution in [0.15, 0.2) is 6.20 Å². The molecular weight excluding hydrogens is 264 g/mol. The molecule has 1 saturated carbocycles. The molecule has 6 heteroatoms. The van der Waals surface area contributed by atoms with Crippen molar-refractivity contribution in [3.05, 3.63) is 17.2 Å². The van der Waals surface area contributed by atoms with Gasteiger partial charge in [0.05, 0.1) is 11.6 Å². The molecule has 0 amide bonds. The van der Waals surface area contributed by atoms with Crippen molar-refractivity contribution >= 4 is 22.6 Å². The molecule has 0 unspecified atom stereocenters. The van der Waals surface area contributed by atoms with Gasteiger partial charge in [-0.15, -0.1) is 0 Å². The van der Waals surface area contributed by atoms with E-state index in [9.17, 15) is 0 Å². The number of ether oxygens (including phenoxy) is 1. The molecule has 3 rings (SSSR count). The molecule has 0 aliphatic heterocycles. The maximum Gasteiger partial charge on any atom is 0.162 e. The molecule has 2 aromatic heterocycles. The molecule has 102 valence electrons. The van der Waals surface area contributed by atoms with Crippen LogP contribution >= 0.6 is 11.6 Å². The summed E-state index contributed by atoms with van der Waals surface area (Å²) in [5.41, 5.74) is 0.750. The Labute approximate surface area is 116 Å². The normalized spacial score (nSPS) is 16.5. The lowest BCUT2D eigenvalue weighted by atomic mass is 10.1. The fourth-order valence-corrected chi connectivity index (χ4v) is 2.82. The lowest BCUT2D eigenvalue weighted by Gasteiger charge is -2.09. The molecule has 0 spiro atoms. The summed E-state index contributed by atoms with van der Waals surface area (Å²) in [4.78, 5) is 8.69. The van der Waals surface area contributed by atoms with Crippen molar-refractivity contribution in [3.8, 4) is 0 Å². The van der Waals surface area contributed by atoms with Crippen LogP contribution in [0.5, 0.6) is 0 Å². The van der Waals surface area contributed by atoms with Crippen LogP contribution in [0.4, 0.5) is 0 Å². The number of fused-ring (bicyclic) bond motifs is 1. The molecule has 19 heavy (non-hydrogen) atoms. The van der Waals surface area contributed by atoms with Gasteiger partial charge in [-0.3, -0.25) is 4.68 Å². The first kappa shape index (κ1) is 12.8. The third kappa shape index (κ3) is 2.72. The molecule has 0 aromatic carbocycles. The number of hydrogen-bond acceptors (Lipinski definition) is 4. The zero-order chi connectivity index (χ0) is 13.2. The Bertz CT molecular complexity index is 577. The van der Waals surface area contributed by atoms with Crippen LogP contribution in [0.1, 0.15) is 31.5 Å².